The number of carbonyl (C=O) groups is 2. The zero-order valence-corrected chi connectivity index (χ0v) is 17.4. The van der Waals surface area contributed by atoms with Gasteiger partial charge in [-0.3, -0.25) is 4.79 Å². The lowest BCUT2D eigenvalue weighted by Gasteiger charge is -2.07. The van der Waals surface area contributed by atoms with Gasteiger partial charge in [0.1, 0.15) is 10.7 Å². The number of nitrogens with zero attached hydrogens (tertiary/aromatic N) is 3. The first-order valence-corrected chi connectivity index (χ1v) is 9.58. The van der Waals surface area contributed by atoms with Crippen LogP contribution in [-0.2, 0) is 16.1 Å². The fraction of sp³-hybridized carbons (Fsp3) is 0.143. The van der Waals surface area contributed by atoms with Gasteiger partial charge in [-0.15, -0.1) is 0 Å². The Labute approximate surface area is 182 Å². The number of benzene rings is 2. The molecule has 0 fully saturated rings. The van der Waals surface area contributed by atoms with E-state index in [1.807, 2.05) is 24.3 Å². The van der Waals surface area contributed by atoms with Gasteiger partial charge in [0.25, 0.3) is 5.91 Å². The molecule has 0 saturated carbocycles. The van der Waals surface area contributed by atoms with Crippen molar-refractivity contribution >= 4 is 40.8 Å². The molecule has 152 valence electrons. The molecule has 0 bridgehead atoms. The zero-order chi connectivity index (χ0) is 21.7. The molecule has 1 aromatic heterocycles. The molecule has 0 radical (unpaired) electrons. The molecule has 9 heteroatoms. The van der Waals surface area contributed by atoms with Crippen LogP contribution in [0.2, 0.25) is 10.2 Å². The quantitative estimate of drug-likeness (QED) is 0.576. The predicted molar refractivity (Wildman–Crippen MR) is 113 cm³/mol. The van der Waals surface area contributed by atoms with Crippen molar-refractivity contribution in [2.75, 3.05) is 11.9 Å². The predicted octanol–water partition coefficient (Wildman–Crippen LogP) is 4.21. The molecule has 1 N–H and O–H groups in total. The van der Waals surface area contributed by atoms with Crippen molar-refractivity contribution in [1.29, 1.82) is 5.26 Å². The number of carbonyl (C=O) groups excluding carboxylic acids is 2. The minimum Gasteiger partial charge on any atom is -0.452 e. The van der Waals surface area contributed by atoms with E-state index in [1.54, 1.807) is 31.2 Å². The summed E-state index contributed by atoms with van der Waals surface area (Å²) < 4.78 is 6.53. The van der Waals surface area contributed by atoms with E-state index in [0.717, 1.165) is 5.56 Å². The summed E-state index contributed by atoms with van der Waals surface area (Å²) in [6.45, 7) is 1.39. The Morgan fingerprint density at radius 1 is 1.20 bits per heavy atom. The highest BCUT2D eigenvalue weighted by Crippen LogP contribution is 2.24. The van der Waals surface area contributed by atoms with Gasteiger partial charge in [-0.05, 0) is 36.8 Å². The van der Waals surface area contributed by atoms with E-state index in [0.29, 0.717) is 22.0 Å². The van der Waals surface area contributed by atoms with Crippen LogP contribution in [0.3, 0.4) is 0 Å². The van der Waals surface area contributed by atoms with Crippen LogP contribution in [0.4, 0.5) is 5.69 Å². The Balaban J connectivity index is 1.65. The highest BCUT2D eigenvalue weighted by molar-refractivity contribution is 6.33. The maximum absolute atomic E-state index is 12.5. The second kappa shape index (κ2) is 9.44. The molecular formula is C21H16Cl2N4O3. The third-order valence-electron chi connectivity index (χ3n) is 4.16. The van der Waals surface area contributed by atoms with E-state index < -0.39 is 18.5 Å². The summed E-state index contributed by atoms with van der Waals surface area (Å²) in [6.07, 6.45) is 0. The first-order chi connectivity index (χ1) is 14.4. The molecular weight excluding hydrogens is 427 g/mol. The van der Waals surface area contributed by atoms with Crippen LogP contribution in [0.15, 0.2) is 48.5 Å². The summed E-state index contributed by atoms with van der Waals surface area (Å²) in [6, 6.07) is 15.6. The summed E-state index contributed by atoms with van der Waals surface area (Å²) >= 11 is 12.5. The monoisotopic (exact) mass is 442 g/mol. The van der Waals surface area contributed by atoms with Crippen LogP contribution in [0.25, 0.3) is 0 Å². The van der Waals surface area contributed by atoms with Crippen molar-refractivity contribution < 1.29 is 14.3 Å². The topological polar surface area (TPSA) is 97.0 Å². The Morgan fingerprint density at radius 2 is 1.97 bits per heavy atom. The summed E-state index contributed by atoms with van der Waals surface area (Å²) in [5.74, 6) is -1.31. The SMILES string of the molecule is Cc1nn(Cc2ccccc2Cl)c(Cl)c1C(=O)OCC(=O)Nc1cccc(C#N)c1. The number of esters is 1. The van der Waals surface area contributed by atoms with Crippen LogP contribution >= 0.6 is 23.2 Å². The van der Waals surface area contributed by atoms with Crippen molar-refractivity contribution in [2.45, 2.75) is 13.5 Å². The third kappa shape index (κ3) is 4.98. The van der Waals surface area contributed by atoms with E-state index in [2.05, 4.69) is 10.4 Å². The van der Waals surface area contributed by atoms with E-state index in [1.165, 1.54) is 10.7 Å². The largest absolute Gasteiger partial charge is 0.452 e. The highest BCUT2D eigenvalue weighted by atomic mass is 35.5. The van der Waals surface area contributed by atoms with Crippen LogP contribution in [0.1, 0.15) is 27.2 Å². The van der Waals surface area contributed by atoms with Gasteiger partial charge in [-0.1, -0.05) is 47.5 Å². The molecule has 0 spiro atoms. The second-order valence-electron chi connectivity index (χ2n) is 6.32. The van der Waals surface area contributed by atoms with Gasteiger partial charge in [0, 0.05) is 10.7 Å². The Morgan fingerprint density at radius 3 is 2.70 bits per heavy atom. The van der Waals surface area contributed by atoms with Gasteiger partial charge in [0.2, 0.25) is 0 Å². The molecule has 30 heavy (non-hydrogen) atoms. The number of aryl methyl sites for hydroxylation is 1. The minimum absolute atomic E-state index is 0.0861. The van der Waals surface area contributed by atoms with Gasteiger partial charge in [-0.2, -0.15) is 10.4 Å². The van der Waals surface area contributed by atoms with E-state index in [4.69, 9.17) is 33.2 Å². The zero-order valence-electron chi connectivity index (χ0n) is 15.9. The number of amides is 1. The molecule has 0 aliphatic rings. The first kappa shape index (κ1) is 21.4. The molecule has 0 saturated heterocycles. The smallest absolute Gasteiger partial charge is 0.343 e. The standard InChI is InChI=1S/C21H16Cl2N4O3/c1-13-19(20(23)27(26-13)11-15-6-2-3-8-17(15)22)21(29)30-12-18(28)25-16-7-4-5-14(9-16)10-24/h2-9H,11-12H2,1H3,(H,25,28). The number of ether oxygens (including phenoxy) is 1. The van der Waals surface area contributed by atoms with Crippen LogP contribution < -0.4 is 5.32 Å². The van der Waals surface area contributed by atoms with Gasteiger partial charge in [0.05, 0.1) is 23.9 Å². The summed E-state index contributed by atoms with van der Waals surface area (Å²) in [5, 5.41) is 16.4. The Bertz CT molecular complexity index is 1150. The van der Waals surface area contributed by atoms with Crippen molar-refractivity contribution in [1.82, 2.24) is 9.78 Å². The number of hydrogen-bond acceptors (Lipinski definition) is 5. The number of hydrogen-bond donors (Lipinski definition) is 1. The van der Waals surface area contributed by atoms with Gasteiger partial charge >= 0.3 is 5.97 Å². The van der Waals surface area contributed by atoms with Crippen molar-refractivity contribution in [3.05, 3.63) is 81.1 Å². The summed E-state index contributed by atoms with van der Waals surface area (Å²) in [7, 11) is 0. The summed E-state index contributed by atoms with van der Waals surface area (Å²) in [5.41, 5.74) is 2.08. The maximum atomic E-state index is 12.5. The molecule has 0 unspecified atom stereocenters. The number of nitriles is 1. The molecule has 2 aromatic carbocycles. The number of rotatable bonds is 6. The van der Waals surface area contributed by atoms with Crippen LogP contribution in [0.5, 0.6) is 0 Å². The lowest BCUT2D eigenvalue weighted by molar-refractivity contribution is -0.119. The molecule has 1 amide bonds. The number of anilines is 1. The average molecular weight is 443 g/mol. The molecule has 7 nitrogen and oxygen atoms in total. The fourth-order valence-corrected chi connectivity index (χ4v) is 3.25. The maximum Gasteiger partial charge on any atom is 0.343 e. The average Bonchev–Trinajstić information content (AvgIpc) is 3.01. The molecule has 3 rings (SSSR count). The molecule has 3 aromatic rings. The second-order valence-corrected chi connectivity index (χ2v) is 7.08. The third-order valence-corrected chi connectivity index (χ3v) is 4.91. The van der Waals surface area contributed by atoms with Crippen molar-refractivity contribution in [2.24, 2.45) is 0 Å². The highest BCUT2D eigenvalue weighted by Gasteiger charge is 2.23. The molecule has 0 aliphatic heterocycles. The van der Waals surface area contributed by atoms with Crippen molar-refractivity contribution in [3.63, 3.8) is 0 Å². The van der Waals surface area contributed by atoms with Crippen LogP contribution in [-0.4, -0.2) is 28.3 Å². The number of halogens is 2. The number of aromatic nitrogens is 2. The van der Waals surface area contributed by atoms with Gasteiger partial charge in [-0.25, -0.2) is 9.48 Å². The lowest BCUT2D eigenvalue weighted by atomic mass is 10.2. The minimum atomic E-state index is -0.760. The molecule has 0 aliphatic carbocycles. The first-order valence-electron chi connectivity index (χ1n) is 8.82. The number of nitrogens with one attached hydrogen (secondary N) is 1. The van der Waals surface area contributed by atoms with E-state index in [9.17, 15) is 9.59 Å². The fourth-order valence-electron chi connectivity index (χ4n) is 2.74. The Hall–Kier alpha value is -3.34. The summed E-state index contributed by atoms with van der Waals surface area (Å²) in [4.78, 5) is 24.5. The van der Waals surface area contributed by atoms with Gasteiger partial charge in [0.15, 0.2) is 6.61 Å². The molecule has 1 heterocycles. The Kier molecular flexibility index (Phi) is 6.72. The molecule has 0 atom stereocenters. The van der Waals surface area contributed by atoms with E-state index >= 15 is 0 Å². The lowest BCUT2D eigenvalue weighted by Crippen LogP contribution is -2.21. The van der Waals surface area contributed by atoms with Crippen LogP contribution in [0, 0.1) is 18.3 Å². The normalized spacial score (nSPS) is 10.3. The van der Waals surface area contributed by atoms with Gasteiger partial charge < -0.3 is 10.1 Å². The van der Waals surface area contributed by atoms with E-state index in [-0.39, 0.29) is 17.3 Å². The van der Waals surface area contributed by atoms with Crippen molar-refractivity contribution in [3.8, 4) is 6.07 Å².